The summed E-state index contributed by atoms with van der Waals surface area (Å²) in [7, 11) is 0. The molecule has 0 radical (unpaired) electrons. The maximum Gasteiger partial charge on any atom is 0.0125 e. The van der Waals surface area contributed by atoms with E-state index in [2.05, 4.69) is 18.7 Å². The molecule has 0 aliphatic carbocycles. The summed E-state index contributed by atoms with van der Waals surface area (Å²) in [5, 5.41) is 0. The van der Waals surface area contributed by atoms with E-state index < -0.39 is 0 Å². The van der Waals surface area contributed by atoms with Crippen LogP contribution in [-0.2, 0) is 0 Å². The Morgan fingerprint density at radius 3 is 3.00 bits per heavy atom. The van der Waals surface area contributed by atoms with Crippen LogP contribution in [0.1, 0.15) is 39.5 Å². The first-order valence-electron chi connectivity index (χ1n) is 5.08. The lowest BCUT2D eigenvalue weighted by Crippen LogP contribution is -2.31. The molecule has 2 aliphatic heterocycles. The molecule has 1 nitrogen and oxygen atoms in total. The fourth-order valence-electron chi connectivity index (χ4n) is 3.00. The SMILES string of the molecule is CCC1CC(C)C2CCCN12. The first kappa shape index (κ1) is 7.60. The average Bonchev–Trinajstić information content (AvgIpc) is 2.54. The van der Waals surface area contributed by atoms with Crippen molar-refractivity contribution in [2.75, 3.05) is 6.54 Å². The molecule has 0 aromatic carbocycles. The van der Waals surface area contributed by atoms with E-state index in [1.165, 1.54) is 32.2 Å². The quantitative estimate of drug-likeness (QED) is 0.558. The molecule has 0 aromatic heterocycles. The highest BCUT2D eigenvalue weighted by Crippen LogP contribution is 2.37. The molecule has 2 rings (SSSR count). The Morgan fingerprint density at radius 1 is 1.45 bits per heavy atom. The van der Waals surface area contributed by atoms with E-state index in [0.29, 0.717) is 0 Å². The molecular weight excluding hydrogens is 134 g/mol. The predicted octanol–water partition coefficient (Wildman–Crippen LogP) is 2.27. The third-order valence-electron chi connectivity index (χ3n) is 3.58. The molecule has 0 aromatic rings. The monoisotopic (exact) mass is 153 g/mol. The third-order valence-corrected chi connectivity index (χ3v) is 3.58. The lowest BCUT2D eigenvalue weighted by molar-refractivity contribution is 0.232. The number of rotatable bonds is 1. The summed E-state index contributed by atoms with van der Waals surface area (Å²) < 4.78 is 0. The van der Waals surface area contributed by atoms with E-state index in [9.17, 15) is 0 Å². The maximum absolute atomic E-state index is 2.75. The van der Waals surface area contributed by atoms with Crippen molar-refractivity contribution in [2.45, 2.75) is 51.6 Å². The zero-order valence-corrected chi connectivity index (χ0v) is 7.71. The molecule has 1 heteroatoms. The van der Waals surface area contributed by atoms with Crippen molar-refractivity contribution in [1.29, 1.82) is 0 Å². The second kappa shape index (κ2) is 2.78. The maximum atomic E-state index is 2.75. The summed E-state index contributed by atoms with van der Waals surface area (Å²) >= 11 is 0. The van der Waals surface area contributed by atoms with Gasteiger partial charge in [0, 0.05) is 12.1 Å². The van der Waals surface area contributed by atoms with Crippen LogP contribution in [0, 0.1) is 5.92 Å². The molecule has 2 heterocycles. The second-order valence-electron chi connectivity index (χ2n) is 4.22. The van der Waals surface area contributed by atoms with Crippen molar-refractivity contribution in [3.63, 3.8) is 0 Å². The Balaban J connectivity index is 2.07. The first-order valence-corrected chi connectivity index (χ1v) is 5.08. The third kappa shape index (κ3) is 1.10. The Morgan fingerprint density at radius 2 is 2.27 bits per heavy atom. The smallest absolute Gasteiger partial charge is 0.0125 e. The van der Waals surface area contributed by atoms with Crippen LogP contribution in [0.25, 0.3) is 0 Å². The molecule has 0 saturated carbocycles. The lowest BCUT2D eigenvalue weighted by atomic mass is 9.98. The van der Waals surface area contributed by atoms with Crippen molar-refractivity contribution < 1.29 is 0 Å². The topological polar surface area (TPSA) is 3.24 Å². The number of hydrogen-bond acceptors (Lipinski definition) is 1. The van der Waals surface area contributed by atoms with Crippen molar-refractivity contribution >= 4 is 0 Å². The van der Waals surface area contributed by atoms with E-state index in [-0.39, 0.29) is 0 Å². The van der Waals surface area contributed by atoms with Gasteiger partial charge < -0.3 is 0 Å². The standard InChI is InChI=1S/C10H19N/c1-3-9-7-8(2)10-5-4-6-11(9)10/h8-10H,3-7H2,1-2H3. The van der Waals surface area contributed by atoms with Crippen LogP contribution in [0.5, 0.6) is 0 Å². The van der Waals surface area contributed by atoms with Gasteiger partial charge in [-0.25, -0.2) is 0 Å². The highest BCUT2D eigenvalue weighted by Gasteiger charge is 2.40. The second-order valence-corrected chi connectivity index (χ2v) is 4.22. The number of fused-ring (bicyclic) bond motifs is 1. The van der Waals surface area contributed by atoms with E-state index >= 15 is 0 Å². The number of nitrogens with zero attached hydrogens (tertiary/aromatic N) is 1. The van der Waals surface area contributed by atoms with Crippen molar-refractivity contribution in [1.82, 2.24) is 4.90 Å². The van der Waals surface area contributed by atoms with Gasteiger partial charge in [0.15, 0.2) is 0 Å². The van der Waals surface area contributed by atoms with Gasteiger partial charge in [0.2, 0.25) is 0 Å². The molecule has 11 heavy (non-hydrogen) atoms. The fourth-order valence-corrected chi connectivity index (χ4v) is 3.00. The lowest BCUT2D eigenvalue weighted by Gasteiger charge is -2.22. The van der Waals surface area contributed by atoms with Crippen molar-refractivity contribution in [3.05, 3.63) is 0 Å². The Hall–Kier alpha value is -0.0400. The van der Waals surface area contributed by atoms with Crippen molar-refractivity contribution in [2.24, 2.45) is 5.92 Å². The van der Waals surface area contributed by atoms with Gasteiger partial charge in [-0.1, -0.05) is 13.8 Å². The Labute approximate surface area is 69.8 Å². The minimum Gasteiger partial charge on any atom is -0.297 e. The fraction of sp³-hybridized carbons (Fsp3) is 1.00. The van der Waals surface area contributed by atoms with Gasteiger partial charge in [-0.05, 0) is 38.1 Å². The summed E-state index contributed by atoms with van der Waals surface area (Å²) in [6.07, 6.45) is 5.74. The predicted molar refractivity (Wildman–Crippen MR) is 47.6 cm³/mol. The molecule has 2 fully saturated rings. The summed E-state index contributed by atoms with van der Waals surface area (Å²) in [5.74, 6) is 0.974. The Kier molecular flexibility index (Phi) is 1.92. The van der Waals surface area contributed by atoms with Crippen LogP contribution in [0.15, 0.2) is 0 Å². The highest BCUT2D eigenvalue weighted by molar-refractivity contribution is 4.94. The van der Waals surface area contributed by atoms with Gasteiger partial charge >= 0.3 is 0 Å². The number of hydrogen-bond donors (Lipinski definition) is 0. The molecule has 3 atom stereocenters. The van der Waals surface area contributed by atoms with Crippen molar-refractivity contribution in [3.8, 4) is 0 Å². The molecule has 2 aliphatic rings. The van der Waals surface area contributed by atoms with Gasteiger partial charge in [-0.2, -0.15) is 0 Å². The van der Waals surface area contributed by atoms with Crippen LogP contribution in [0.3, 0.4) is 0 Å². The van der Waals surface area contributed by atoms with Crippen LogP contribution in [0.4, 0.5) is 0 Å². The molecule has 3 unspecified atom stereocenters. The minimum absolute atomic E-state index is 0.928. The van der Waals surface area contributed by atoms with Crippen LogP contribution < -0.4 is 0 Å². The molecule has 0 amide bonds. The largest absolute Gasteiger partial charge is 0.297 e. The van der Waals surface area contributed by atoms with Gasteiger partial charge in [-0.15, -0.1) is 0 Å². The van der Waals surface area contributed by atoms with Crippen LogP contribution >= 0.6 is 0 Å². The summed E-state index contributed by atoms with van der Waals surface area (Å²) in [4.78, 5) is 2.75. The molecule has 0 bridgehead atoms. The van der Waals surface area contributed by atoms with Gasteiger partial charge in [0.25, 0.3) is 0 Å². The normalized spacial score (nSPS) is 44.7. The first-order chi connectivity index (χ1) is 5.33. The molecule has 2 saturated heterocycles. The van der Waals surface area contributed by atoms with E-state index in [1.54, 1.807) is 0 Å². The highest BCUT2D eigenvalue weighted by atomic mass is 15.2. The molecule has 0 N–H and O–H groups in total. The average molecular weight is 153 g/mol. The summed E-state index contributed by atoms with van der Waals surface area (Å²) in [5.41, 5.74) is 0. The Bertz CT molecular complexity index is 144. The zero-order valence-electron chi connectivity index (χ0n) is 7.71. The van der Waals surface area contributed by atoms with E-state index in [4.69, 9.17) is 0 Å². The zero-order chi connectivity index (χ0) is 7.84. The van der Waals surface area contributed by atoms with Gasteiger partial charge in [0.1, 0.15) is 0 Å². The van der Waals surface area contributed by atoms with Gasteiger partial charge in [-0.3, -0.25) is 4.90 Å². The molecular formula is C10H19N. The van der Waals surface area contributed by atoms with Gasteiger partial charge in [0.05, 0.1) is 0 Å². The van der Waals surface area contributed by atoms with Crippen LogP contribution in [-0.4, -0.2) is 23.5 Å². The van der Waals surface area contributed by atoms with E-state index in [0.717, 1.165) is 18.0 Å². The van der Waals surface area contributed by atoms with Crippen LogP contribution in [0.2, 0.25) is 0 Å². The minimum atomic E-state index is 0.928. The molecule has 0 spiro atoms. The summed E-state index contributed by atoms with van der Waals surface area (Å²) in [6.45, 7) is 6.14. The van der Waals surface area contributed by atoms with E-state index in [1.807, 2.05) is 0 Å². The molecule has 64 valence electrons. The summed E-state index contributed by atoms with van der Waals surface area (Å²) in [6, 6.07) is 1.89.